The molecule has 4 atom stereocenters. The van der Waals surface area contributed by atoms with Crippen molar-refractivity contribution in [3.63, 3.8) is 0 Å². The summed E-state index contributed by atoms with van der Waals surface area (Å²) < 4.78 is 50.2. The third-order valence-electron chi connectivity index (χ3n) is 14.8. The van der Waals surface area contributed by atoms with Gasteiger partial charge in [0.05, 0.1) is 82.9 Å². The molecular weight excluding hydrogens is 1330 g/mol. The number of benzene rings is 6. The van der Waals surface area contributed by atoms with Gasteiger partial charge in [0.1, 0.15) is 48.4 Å². The SMILES string of the molecule is COC(=O)Nc1c(C)n(C)n(-c2cccc(OC)c2)c1=O.COC(=O)[C@@H](NC(=O)OCc1ccccc1)C(C)=O.COC(=O)[C@@H](NC(=O)OCc1ccccc1)[C@@H](C)O.COc1cccc(-n2c(=O)c(N)c(C)n2C)c1.COc1cccc(N2N=C(C)C(NC(=O)OCc3ccccc3)C2=O)c1. The predicted molar refractivity (Wildman–Crippen MR) is 376 cm³/mol. The molecule has 1 unspecified atom stereocenters. The van der Waals surface area contributed by atoms with Crippen molar-refractivity contribution in [1.82, 2.24) is 34.7 Å². The second kappa shape index (κ2) is 39.7. The average molecular weight is 1410 g/mol. The van der Waals surface area contributed by atoms with Crippen LogP contribution in [0, 0.1) is 13.8 Å². The van der Waals surface area contributed by atoms with Crippen LogP contribution in [0.2, 0.25) is 0 Å². The van der Waals surface area contributed by atoms with Crippen LogP contribution in [0.1, 0.15) is 48.8 Å². The number of Topliss-reactive ketones (excluding diaryl/α,β-unsaturated/α-hetero) is 1. The number of aliphatic hydroxyl groups excluding tert-OH is 1. The zero-order valence-corrected chi connectivity index (χ0v) is 58.5. The summed E-state index contributed by atoms with van der Waals surface area (Å²) in [7, 11) is 11.8. The topological polar surface area (TPSA) is 383 Å². The first-order valence-electron chi connectivity index (χ1n) is 31.0. The molecule has 1 aliphatic rings. The number of methoxy groups -OCH3 is 6. The number of hydrazone groups is 1. The quantitative estimate of drug-likeness (QED) is 0.0247. The molecule has 8 aromatic rings. The van der Waals surface area contributed by atoms with Crippen molar-refractivity contribution < 1.29 is 86.1 Å². The molecule has 1 aliphatic heterocycles. The maximum absolute atomic E-state index is 12.6. The average Bonchev–Trinajstić information content (AvgIpc) is 1.66. The molecule has 102 heavy (non-hydrogen) atoms. The van der Waals surface area contributed by atoms with Gasteiger partial charge in [0.15, 0.2) is 23.9 Å². The van der Waals surface area contributed by atoms with Gasteiger partial charge < -0.3 is 69.4 Å². The van der Waals surface area contributed by atoms with Gasteiger partial charge >= 0.3 is 36.3 Å². The highest BCUT2D eigenvalue weighted by Gasteiger charge is 2.36. The maximum Gasteiger partial charge on any atom is 0.411 e. The van der Waals surface area contributed by atoms with Crippen LogP contribution in [0.3, 0.4) is 0 Å². The molecule has 3 heterocycles. The summed E-state index contributed by atoms with van der Waals surface area (Å²) in [6.07, 6.45) is -4.07. The van der Waals surface area contributed by atoms with Crippen molar-refractivity contribution in [3.05, 3.63) is 213 Å². The minimum absolute atomic E-state index is 0.0540. The van der Waals surface area contributed by atoms with Gasteiger partial charge in [-0.2, -0.15) is 10.1 Å². The number of hydrogen-bond donors (Lipinski definition) is 6. The lowest BCUT2D eigenvalue weighted by Gasteiger charge is -2.18. The standard InChI is InChI=1S/C19H19N3O4.C14H17N3O4.C13H17NO5.C13H15NO5.C12H15N3O2/c1-13-17(20-19(24)26-12-14-7-4-3-5-8-14)18(23)22(21-13)15-9-6-10-16(11-15)25-2;1-9-12(15-14(19)21-4)13(18)17(16(9)2)10-6-5-7-11(8-10)20-3;2*1-9(15)11(12(16)18-2)14-13(17)19-8-10-6-4-3-5-7-10;1-8-11(13)12(16)15(14(8)2)9-5-4-6-10(7-9)17-3/h3-11,17H,12H2,1-2H3,(H,20,24);5-8H,1-4H3,(H,15,19);3-7,9,11,15H,8H2,1-2H3,(H,14,17);3-7,11H,8H2,1-2H3,(H,14,17);4-7H,13H2,1-3H3/t;;9-,11+;11-;/m..10./s1. The number of nitrogens with zero attached hydrogens (tertiary/aromatic N) is 6. The Labute approximate surface area is 587 Å². The molecule has 9 rings (SSSR count). The fourth-order valence-corrected chi connectivity index (χ4v) is 9.06. The molecule has 0 saturated carbocycles. The van der Waals surface area contributed by atoms with Crippen LogP contribution in [0.25, 0.3) is 11.4 Å². The van der Waals surface area contributed by atoms with E-state index in [2.05, 4.69) is 40.6 Å². The number of carbonyl (C=O) groups is 8. The van der Waals surface area contributed by atoms with E-state index in [9.17, 15) is 53.1 Å². The molecule has 5 amide bonds. The van der Waals surface area contributed by atoms with Crippen LogP contribution in [0.4, 0.5) is 36.2 Å². The number of aromatic nitrogens is 4. The zero-order valence-electron chi connectivity index (χ0n) is 58.5. The van der Waals surface area contributed by atoms with Crippen LogP contribution in [-0.4, -0.2) is 144 Å². The Morgan fingerprint density at radius 2 is 0.931 bits per heavy atom. The Balaban J connectivity index is 0.000000231. The number of nitrogens with two attached hydrogens (primary N) is 1. The van der Waals surface area contributed by atoms with Gasteiger partial charge in [0, 0.05) is 32.3 Å². The van der Waals surface area contributed by atoms with Gasteiger partial charge in [-0.05, 0) is 87.7 Å². The molecule has 0 fully saturated rings. The Morgan fingerprint density at radius 3 is 1.33 bits per heavy atom. The molecule has 0 radical (unpaired) electrons. The number of nitrogens with one attached hydrogen (secondary N) is 4. The lowest BCUT2D eigenvalue weighted by Crippen LogP contribution is -2.48. The largest absolute Gasteiger partial charge is 0.497 e. The second-order valence-electron chi connectivity index (χ2n) is 21.7. The molecule has 31 nitrogen and oxygen atoms in total. The molecule has 0 spiro atoms. The van der Waals surface area contributed by atoms with E-state index in [4.69, 9.17) is 34.2 Å². The Hall–Kier alpha value is -12.7. The highest BCUT2D eigenvalue weighted by atomic mass is 16.6. The molecular formula is C71H83N11O20. The number of carbonyl (C=O) groups excluding carboxylic acids is 8. The number of alkyl carbamates (subject to hydrolysis) is 3. The van der Waals surface area contributed by atoms with E-state index in [0.717, 1.165) is 35.2 Å². The van der Waals surface area contributed by atoms with E-state index in [-0.39, 0.29) is 48.2 Å². The van der Waals surface area contributed by atoms with Crippen LogP contribution >= 0.6 is 0 Å². The third-order valence-corrected chi connectivity index (χ3v) is 14.8. The summed E-state index contributed by atoms with van der Waals surface area (Å²) in [6, 6.07) is 45.5. The number of nitrogen functional groups attached to an aromatic ring is 1. The van der Waals surface area contributed by atoms with Crippen LogP contribution < -0.4 is 57.3 Å². The fourth-order valence-electron chi connectivity index (χ4n) is 9.06. The first-order chi connectivity index (χ1) is 48.7. The highest BCUT2D eigenvalue weighted by molar-refractivity contribution is 6.19. The minimum atomic E-state index is -1.34. The summed E-state index contributed by atoms with van der Waals surface area (Å²) >= 11 is 0. The summed E-state index contributed by atoms with van der Waals surface area (Å²) in [5.41, 5.74) is 11.9. The Kier molecular flexibility index (Phi) is 31.1. The van der Waals surface area contributed by atoms with E-state index in [1.54, 1.807) is 137 Å². The number of esters is 2. The second-order valence-corrected chi connectivity index (χ2v) is 21.7. The van der Waals surface area contributed by atoms with Crippen molar-refractivity contribution >= 4 is 70.8 Å². The number of rotatable bonds is 20. The molecule has 31 heteroatoms. The van der Waals surface area contributed by atoms with Crippen molar-refractivity contribution in [1.29, 1.82) is 0 Å². The normalized spacial score (nSPS) is 12.6. The predicted octanol–water partition coefficient (Wildman–Crippen LogP) is 7.34. The van der Waals surface area contributed by atoms with Crippen LogP contribution in [0.15, 0.2) is 178 Å². The number of aliphatic hydroxyl groups is 1. The van der Waals surface area contributed by atoms with Crippen LogP contribution in [-0.2, 0) is 81.5 Å². The van der Waals surface area contributed by atoms with Gasteiger partial charge in [0.2, 0.25) is 0 Å². The molecule has 0 saturated heterocycles. The number of ether oxygens (including phenoxy) is 9. The molecule has 0 aliphatic carbocycles. The zero-order chi connectivity index (χ0) is 75.2. The van der Waals surface area contributed by atoms with Crippen LogP contribution in [0.5, 0.6) is 17.2 Å². The molecule has 542 valence electrons. The maximum atomic E-state index is 12.6. The number of anilines is 3. The van der Waals surface area contributed by atoms with Gasteiger partial charge in [-0.15, -0.1) is 0 Å². The molecule has 6 aromatic carbocycles. The third kappa shape index (κ3) is 23.0. The van der Waals surface area contributed by atoms with Gasteiger partial charge in [-0.25, -0.2) is 38.1 Å². The molecule has 0 bridgehead atoms. The first-order valence-corrected chi connectivity index (χ1v) is 31.0. The smallest absolute Gasteiger partial charge is 0.411 e. The lowest BCUT2D eigenvalue weighted by molar-refractivity contribution is -0.146. The minimum Gasteiger partial charge on any atom is -0.497 e. The summed E-state index contributed by atoms with van der Waals surface area (Å²) in [4.78, 5) is 117. The van der Waals surface area contributed by atoms with E-state index in [1.807, 2.05) is 91.9 Å². The van der Waals surface area contributed by atoms with E-state index >= 15 is 0 Å². The van der Waals surface area contributed by atoms with Crippen molar-refractivity contribution in [3.8, 4) is 28.6 Å². The van der Waals surface area contributed by atoms with Crippen molar-refractivity contribution in [2.75, 3.05) is 58.7 Å². The summed E-state index contributed by atoms with van der Waals surface area (Å²) in [5, 5.41) is 24.3. The first kappa shape index (κ1) is 80.0. The van der Waals surface area contributed by atoms with Gasteiger partial charge in [0.25, 0.3) is 17.0 Å². The van der Waals surface area contributed by atoms with Crippen molar-refractivity contribution in [2.45, 2.75) is 78.7 Å². The Morgan fingerprint density at radius 1 is 0.520 bits per heavy atom. The summed E-state index contributed by atoms with van der Waals surface area (Å²) in [5.74, 6) is -0.485. The fraction of sp³-hybridized carbons (Fsp3) is 0.282. The van der Waals surface area contributed by atoms with Crippen molar-refractivity contribution in [2.24, 2.45) is 19.2 Å². The summed E-state index contributed by atoms with van der Waals surface area (Å²) in [6.45, 7) is 8.05. The highest BCUT2D eigenvalue weighted by Crippen LogP contribution is 2.26. The Bertz CT molecular complexity index is 4310. The number of ketones is 1. The monoisotopic (exact) mass is 1410 g/mol. The van der Waals surface area contributed by atoms with E-state index in [0.29, 0.717) is 40.0 Å². The van der Waals surface area contributed by atoms with E-state index < -0.39 is 66.3 Å². The molecule has 2 aromatic heterocycles. The molecule has 7 N–H and O–H groups in total. The van der Waals surface area contributed by atoms with E-state index in [1.165, 1.54) is 42.4 Å². The number of amides is 5. The van der Waals surface area contributed by atoms with Gasteiger partial charge in [-0.3, -0.25) is 33.9 Å². The lowest BCUT2D eigenvalue weighted by atomic mass is 10.2. The van der Waals surface area contributed by atoms with Gasteiger partial charge in [-0.1, -0.05) is 109 Å². The number of hydrogen-bond acceptors (Lipinski definition) is 22.